The quantitative estimate of drug-likeness (QED) is 0.651. The minimum atomic E-state index is -2.84. The van der Waals surface area contributed by atoms with E-state index in [1.165, 1.54) is 12.1 Å². The van der Waals surface area contributed by atoms with Crippen molar-refractivity contribution in [3.8, 4) is 16.9 Å². The molecule has 0 aliphatic rings. The summed E-state index contributed by atoms with van der Waals surface area (Å²) in [6.07, 6.45) is 0.279. The number of rotatable bonds is 7. The monoisotopic (exact) mass is 367 g/mol. The molecule has 27 heavy (non-hydrogen) atoms. The van der Waals surface area contributed by atoms with Crippen molar-refractivity contribution in [1.29, 1.82) is 0 Å². The van der Waals surface area contributed by atoms with Crippen molar-refractivity contribution in [1.82, 2.24) is 5.32 Å². The molecule has 0 fully saturated rings. The van der Waals surface area contributed by atoms with Crippen molar-refractivity contribution < 1.29 is 18.3 Å². The second kappa shape index (κ2) is 8.94. The Hall–Kier alpha value is -3.21. The lowest BCUT2D eigenvalue weighted by molar-refractivity contribution is -0.120. The zero-order chi connectivity index (χ0) is 19.1. The van der Waals surface area contributed by atoms with Crippen LogP contribution in [0.3, 0.4) is 0 Å². The maximum Gasteiger partial charge on any atom is 0.387 e. The molecule has 0 aliphatic heterocycles. The molecule has 0 spiro atoms. The fourth-order valence-corrected chi connectivity index (χ4v) is 2.68. The first-order valence-corrected chi connectivity index (χ1v) is 8.55. The Morgan fingerprint density at radius 3 is 2.04 bits per heavy atom. The van der Waals surface area contributed by atoms with Gasteiger partial charge in [0.25, 0.3) is 0 Å². The number of nitrogens with one attached hydrogen (secondary N) is 1. The smallest absolute Gasteiger partial charge is 0.387 e. The van der Waals surface area contributed by atoms with Gasteiger partial charge in [-0.3, -0.25) is 4.79 Å². The van der Waals surface area contributed by atoms with Crippen LogP contribution in [0.1, 0.15) is 11.1 Å². The highest BCUT2D eigenvalue weighted by Gasteiger charge is 2.06. The van der Waals surface area contributed by atoms with Crippen molar-refractivity contribution in [3.63, 3.8) is 0 Å². The van der Waals surface area contributed by atoms with Crippen LogP contribution in [0.15, 0.2) is 78.9 Å². The van der Waals surface area contributed by atoms with Gasteiger partial charge in [-0.05, 0) is 34.4 Å². The zero-order valence-corrected chi connectivity index (χ0v) is 14.6. The minimum Gasteiger partial charge on any atom is -0.435 e. The fourth-order valence-electron chi connectivity index (χ4n) is 2.68. The van der Waals surface area contributed by atoms with E-state index in [1.807, 2.05) is 54.6 Å². The summed E-state index contributed by atoms with van der Waals surface area (Å²) in [5, 5.41) is 2.83. The summed E-state index contributed by atoms with van der Waals surface area (Å²) in [6.45, 7) is -2.51. The number of ether oxygens (including phenoxy) is 1. The van der Waals surface area contributed by atoms with Gasteiger partial charge in [-0.1, -0.05) is 66.7 Å². The molecular weight excluding hydrogens is 348 g/mol. The van der Waals surface area contributed by atoms with Gasteiger partial charge in [-0.15, -0.1) is 0 Å². The van der Waals surface area contributed by atoms with Gasteiger partial charge in [0, 0.05) is 6.54 Å². The summed E-state index contributed by atoms with van der Waals surface area (Å²) in [7, 11) is 0. The van der Waals surface area contributed by atoms with Crippen LogP contribution >= 0.6 is 0 Å². The van der Waals surface area contributed by atoms with Crippen LogP contribution < -0.4 is 10.1 Å². The highest BCUT2D eigenvalue weighted by Crippen LogP contribution is 2.19. The summed E-state index contributed by atoms with van der Waals surface area (Å²) >= 11 is 0. The van der Waals surface area contributed by atoms with E-state index < -0.39 is 6.61 Å². The number of benzene rings is 3. The molecule has 3 rings (SSSR count). The molecule has 0 radical (unpaired) electrons. The Morgan fingerprint density at radius 1 is 0.815 bits per heavy atom. The molecule has 3 nitrogen and oxygen atoms in total. The average Bonchev–Trinajstić information content (AvgIpc) is 2.68. The standard InChI is InChI=1S/C22H19F2NO2/c23-22(24)27-20-12-8-17(9-13-20)15-25-21(26)14-16-6-10-19(11-7-16)18-4-2-1-3-5-18/h1-13,22H,14-15H2,(H,25,26). The van der Waals surface area contributed by atoms with E-state index in [4.69, 9.17) is 0 Å². The Balaban J connectivity index is 1.50. The van der Waals surface area contributed by atoms with Crippen molar-refractivity contribution in [2.24, 2.45) is 0 Å². The summed E-state index contributed by atoms with van der Waals surface area (Å²) in [5.41, 5.74) is 3.97. The number of halogens is 2. The minimum absolute atomic E-state index is 0.0959. The first-order valence-electron chi connectivity index (χ1n) is 8.55. The van der Waals surface area contributed by atoms with Gasteiger partial charge in [0.05, 0.1) is 6.42 Å². The summed E-state index contributed by atoms with van der Waals surface area (Å²) < 4.78 is 28.5. The third-order valence-electron chi connectivity index (χ3n) is 4.06. The highest BCUT2D eigenvalue weighted by atomic mass is 19.3. The van der Waals surface area contributed by atoms with Crippen LogP contribution in [0.4, 0.5) is 8.78 Å². The SMILES string of the molecule is O=C(Cc1ccc(-c2ccccc2)cc1)NCc1ccc(OC(F)F)cc1. The molecule has 3 aromatic carbocycles. The maximum atomic E-state index is 12.1. The molecule has 1 amide bonds. The molecule has 0 atom stereocenters. The fraction of sp³-hybridized carbons (Fsp3) is 0.136. The molecule has 0 saturated heterocycles. The van der Waals surface area contributed by atoms with Crippen LogP contribution in [0.2, 0.25) is 0 Å². The highest BCUT2D eigenvalue weighted by molar-refractivity contribution is 5.78. The first-order chi connectivity index (χ1) is 13.1. The normalized spacial score (nSPS) is 10.6. The van der Waals surface area contributed by atoms with Crippen molar-refractivity contribution >= 4 is 5.91 Å². The van der Waals surface area contributed by atoms with Gasteiger partial charge in [0.15, 0.2) is 0 Å². The molecule has 5 heteroatoms. The lowest BCUT2D eigenvalue weighted by atomic mass is 10.0. The van der Waals surface area contributed by atoms with Gasteiger partial charge in [-0.25, -0.2) is 0 Å². The van der Waals surface area contributed by atoms with E-state index in [2.05, 4.69) is 10.1 Å². The Morgan fingerprint density at radius 2 is 1.41 bits per heavy atom. The molecule has 0 saturated carbocycles. The molecular formula is C22H19F2NO2. The van der Waals surface area contributed by atoms with Crippen LogP contribution in [0.5, 0.6) is 5.75 Å². The molecule has 3 aromatic rings. The molecule has 1 N–H and O–H groups in total. The number of alkyl halides is 2. The van der Waals surface area contributed by atoms with Crippen LogP contribution in [0, 0.1) is 0 Å². The second-order valence-corrected chi connectivity index (χ2v) is 6.04. The van der Waals surface area contributed by atoms with E-state index in [9.17, 15) is 13.6 Å². The lowest BCUT2D eigenvalue weighted by Gasteiger charge is -2.08. The predicted octanol–water partition coefficient (Wildman–Crippen LogP) is 4.81. The van der Waals surface area contributed by atoms with Gasteiger partial charge >= 0.3 is 6.61 Å². The van der Waals surface area contributed by atoms with Gasteiger partial charge in [0.2, 0.25) is 5.91 Å². The van der Waals surface area contributed by atoms with E-state index in [-0.39, 0.29) is 18.1 Å². The maximum absolute atomic E-state index is 12.1. The number of hydrogen-bond donors (Lipinski definition) is 1. The molecule has 0 unspecified atom stereocenters. The number of hydrogen-bond acceptors (Lipinski definition) is 2. The Bertz CT molecular complexity index is 863. The van der Waals surface area contributed by atoms with Crippen LogP contribution in [-0.2, 0) is 17.8 Å². The van der Waals surface area contributed by atoms with Gasteiger partial charge in [0.1, 0.15) is 5.75 Å². The largest absolute Gasteiger partial charge is 0.435 e. The second-order valence-electron chi connectivity index (χ2n) is 6.04. The van der Waals surface area contributed by atoms with E-state index >= 15 is 0 Å². The third-order valence-corrected chi connectivity index (χ3v) is 4.06. The average molecular weight is 367 g/mol. The van der Waals surface area contributed by atoms with E-state index in [1.54, 1.807) is 12.1 Å². The Kier molecular flexibility index (Phi) is 6.15. The summed E-state index contributed by atoms with van der Waals surface area (Å²) in [6, 6.07) is 24.1. The topological polar surface area (TPSA) is 38.3 Å². The summed E-state index contributed by atoms with van der Waals surface area (Å²) in [5.74, 6) is -0.00560. The van der Waals surface area contributed by atoms with Crippen molar-refractivity contribution in [2.45, 2.75) is 19.6 Å². The molecule has 0 aromatic heterocycles. The van der Waals surface area contributed by atoms with E-state index in [0.29, 0.717) is 6.54 Å². The molecule has 138 valence electrons. The molecule has 0 bridgehead atoms. The van der Waals surface area contributed by atoms with Crippen molar-refractivity contribution in [2.75, 3.05) is 0 Å². The first kappa shape index (κ1) is 18.6. The zero-order valence-electron chi connectivity index (χ0n) is 14.6. The lowest BCUT2D eigenvalue weighted by Crippen LogP contribution is -2.24. The third kappa shape index (κ3) is 5.64. The summed E-state index contributed by atoms with van der Waals surface area (Å²) in [4.78, 5) is 12.1. The number of amides is 1. The number of carbonyl (C=O) groups is 1. The Labute approximate surface area is 156 Å². The molecule has 0 aliphatic carbocycles. The number of carbonyl (C=O) groups excluding carboxylic acids is 1. The van der Waals surface area contributed by atoms with Crippen molar-refractivity contribution in [3.05, 3.63) is 90.0 Å². The predicted molar refractivity (Wildman–Crippen MR) is 101 cm³/mol. The van der Waals surface area contributed by atoms with Crippen LogP contribution in [0.25, 0.3) is 11.1 Å². The van der Waals surface area contributed by atoms with E-state index in [0.717, 1.165) is 22.3 Å². The molecule has 0 heterocycles. The van der Waals surface area contributed by atoms with Gasteiger partial charge in [-0.2, -0.15) is 8.78 Å². The van der Waals surface area contributed by atoms with Gasteiger partial charge < -0.3 is 10.1 Å². The van der Waals surface area contributed by atoms with Crippen LogP contribution in [-0.4, -0.2) is 12.5 Å².